The first-order chi connectivity index (χ1) is 10.1. The fourth-order valence-corrected chi connectivity index (χ4v) is 2.39. The molecule has 0 saturated carbocycles. The van der Waals surface area contributed by atoms with E-state index in [1.54, 1.807) is 11.7 Å². The van der Waals surface area contributed by atoms with Crippen molar-refractivity contribution in [3.63, 3.8) is 0 Å². The van der Waals surface area contributed by atoms with Gasteiger partial charge in [-0.3, -0.25) is 9.78 Å². The molecule has 0 aliphatic rings. The lowest BCUT2D eigenvalue weighted by atomic mass is 10.2. The molecule has 0 saturated heterocycles. The number of aryl methyl sites for hydroxylation is 1. The molecule has 0 fully saturated rings. The minimum atomic E-state index is 0.0271. The van der Waals surface area contributed by atoms with Crippen molar-refractivity contribution in [2.45, 2.75) is 26.3 Å². The summed E-state index contributed by atoms with van der Waals surface area (Å²) in [6, 6.07) is 5.54. The maximum absolute atomic E-state index is 11.6. The van der Waals surface area contributed by atoms with Crippen molar-refractivity contribution < 1.29 is 9.53 Å². The Kier molecular flexibility index (Phi) is 6.02. The van der Waals surface area contributed by atoms with Crippen LogP contribution in [0, 0.1) is 6.92 Å². The minimum Gasteiger partial charge on any atom is -0.494 e. The molecule has 0 aliphatic heterocycles. The molecule has 0 aliphatic carbocycles. The molecular weight excluding hydrogens is 308 g/mol. The highest BCUT2D eigenvalue weighted by Gasteiger charge is 2.03. The van der Waals surface area contributed by atoms with Crippen LogP contribution in [-0.2, 0) is 11.3 Å². The lowest BCUT2D eigenvalue weighted by molar-refractivity contribution is -0.121. The third-order valence-electron chi connectivity index (χ3n) is 2.89. The third-order valence-corrected chi connectivity index (χ3v) is 4.09. The Labute approximate surface area is 133 Å². The van der Waals surface area contributed by atoms with Gasteiger partial charge in [-0.25, -0.2) is 0 Å². The molecule has 21 heavy (non-hydrogen) atoms. The molecule has 112 valence electrons. The minimum absolute atomic E-state index is 0.0271. The molecule has 2 rings (SSSR count). The Hall–Kier alpha value is -1.59. The number of benzene rings is 1. The molecule has 1 amide bonds. The fourth-order valence-electron chi connectivity index (χ4n) is 1.73. The summed E-state index contributed by atoms with van der Waals surface area (Å²) in [7, 11) is 0. The number of ether oxygens (including phenoxy) is 1. The van der Waals surface area contributed by atoms with Crippen LogP contribution in [0.3, 0.4) is 0 Å². The zero-order chi connectivity index (χ0) is 15.1. The van der Waals surface area contributed by atoms with Gasteiger partial charge >= 0.3 is 0 Å². The standard InChI is InChI=1S/C15H17ClN2O2S/c1-11-7-12(4-5-14(11)16)20-6-2-3-15(19)18-9-13-8-17-10-21-13/h4-5,7-8,10H,2-3,6,9H2,1H3,(H,18,19). The number of nitrogens with one attached hydrogen (secondary N) is 1. The Bertz CT molecular complexity index is 587. The van der Waals surface area contributed by atoms with Gasteiger partial charge in [-0.05, 0) is 37.1 Å². The van der Waals surface area contributed by atoms with Crippen LogP contribution >= 0.6 is 22.9 Å². The van der Waals surface area contributed by atoms with Crippen molar-refractivity contribution in [3.05, 3.63) is 45.4 Å². The highest BCUT2D eigenvalue weighted by Crippen LogP contribution is 2.21. The van der Waals surface area contributed by atoms with Gasteiger partial charge in [0.05, 0.1) is 18.7 Å². The molecule has 0 atom stereocenters. The Balaban J connectivity index is 1.62. The zero-order valence-corrected chi connectivity index (χ0v) is 13.3. The number of aromatic nitrogens is 1. The van der Waals surface area contributed by atoms with Crippen LogP contribution in [0.15, 0.2) is 29.9 Å². The Morgan fingerprint density at radius 2 is 2.33 bits per heavy atom. The lowest BCUT2D eigenvalue weighted by Crippen LogP contribution is -2.22. The van der Waals surface area contributed by atoms with E-state index in [4.69, 9.17) is 16.3 Å². The molecule has 1 aromatic heterocycles. The molecule has 0 spiro atoms. The molecule has 0 unspecified atom stereocenters. The first-order valence-electron chi connectivity index (χ1n) is 6.68. The summed E-state index contributed by atoms with van der Waals surface area (Å²) >= 11 is 7.48. The molecule has 0 bridgehead atoms. The number of halogens is 1. The van der Waals surface area contributed by atoms with Crippen molar-refractivity contribution in [3.8, 4) is 5.75 Å². The molecule has 4 nitrogen and oxygen atoms in total. The predicted octanol–water partition coefficient (Wildman–Crippen LogP) is 3.58. The van der Waals surface area contributed by atoms with Gasteiger partial charge in [-0.15, -0.1) is 11.3 Å². The molecule has 1 aromatic carbocycles. The van der Waals surface area contributed by atoms with E-state index in [0.717, 1.165) is 21.2 Å². The average Bonchev–Trinajstić information content (AvgIpc) is 2.98. The number of amides is 1. The predicted molar refractivity (Wildman–Crippen MR) is 84.9 cm³/mol. The molecular formula is C15H17ClN2O2S. The topological polar surface area (TPSA) is 51.2 Å². The number of hydrogen-bond donors (Lipinski definition) is 1. The third kappa shape index (κ3) is 5.36. The second kappa shape index (κ2) is 8.00. The van der Waals surface area contributed by atoms with Crippen LogP contribution in [0.2, 0.25) is 5.02 Å². The van der Waals surface area contributed by atoms with E-state index in [9.17, 15) is 4.79 Å². The van der Waals surface area contributed by atoms with E-state index < -0.39 is 0 Å². The summed E-state index contributed by atoms with van der Waals surface area (Å²) in [5.41, 5.74) is 2.74. The van der Waals surface area contributed by atoms with Gasteiger partial charge in [-0.1, -0.05) is 11.6 Å². The van der Waals surface area contributed by atoms with Gasteiger partial charge in [0.2, 0.25) is 5.91 Å². The Morgan fingerprint density at radius 3 is 3.05 bits per heavy atom. The highest BCUT2D eigenvalue weighted by molar-refractivity contribution is 7.09. The first-order valence-corrected chi connectivity index (χ1v) is 7.94. The van der Waals surface area contributed by atoms with Crippen molar-refractivity contribution >= 4 is 28.8 Å². The number of rotatable bonds is 7. The van der Waals surface area contributed by atoms with Crippen molar-refractivity contribution in [1.29, 1.82) is 0 Å². The quantitative estimate of drug-likeness (QED) is 0.792. The van der Waals surface area contributed by atoms with Gasteiger partial charge in [0.1, 0.15) is 5.75 Å². The number of carbonyl (C=O) groups is 1. The highest BCUT2D eigenvalue weighted by atomic mass is 35.5. The van der Waals surface area contributed by atoms with E-state index in [1.807, 2.05) is 25.1 Å². The van der Waals surface area contributed by atoms with Crippen LogP contribution in [0.1, 0.15) is 23.3 Å². The maximum Gasteiger partial charge on any atom is 0.220 e. The molecule has 1 N–H and O–H groups in total. The van der Waals surface area contributed by atoms with Gasteiger partial charge in [0.15, 0.2) is 0 Å². The summed E-state index contributed by atoms with van der Waals surface area (Å²) in [5, 5.41) is 3.59. The van der Waals surface area contributed by atoms with Crippen molar-refractivity contribution in [1.82, 2.24) is 10.3 Å². The van der Waals surface area contributed by atoms with Gasteiger partial charge in [0, 0.05) is 22.5 Å². The molecule has 2 aromatic rings. The largest absolute Gasteiger partial charge is 0.494 e. The average molecular weight is 325 g/mol. The van der Waals surface area contributed by atoms with E-state index in [-0.39, 0.29) is 5.91 Å². The molecule has 1 heterocycles. The van der Waals surface area contributed by atoms with Crippen LogP contribution in [0.25, 0.3) is 0 Å². The van der Waals surface area contributed by atoms with Crippen LogP contribution < -0.4 is 10.1 Å². The van der Waals surface area contributed by atoms with E-state index in [0.29, 0.717) is 26.0 Å². The first kappa shape index (κ1) is 15.8. The Morgan fingerprint density at radius 1 is 1.48 bits per heavy atom. The summed E-state index contributed by atoms with van der Waals surface area (Å²) in [4.78, 5) is 16.7. The van der Waals surface area contributed by atoms with Crippen LogP contribution in [0.4, 0.5) is 0 Å². The SMILES string of the molecule is Cc1cc(OCCCC(=O)NCc2cncs2)ccc1Cl. The summed E-state index contributed by atoms with van der Waals surface area (Å²) in [6.07, 6.45) is 2.89. The monoisotopic (exact) mass is 324 g/mol. The van der Waals surface area contributed by atoms with Gasteiger partial charge in [0.25, 0.3) is 0 Å². The summed E-state index contributed by atoms with van der Waals surface area (Å²) in [5.74, 6) is 0.807. The number of carbonyl (C=O) groups excluding carboxylic acids is 1. The summed E-state index contributed by atoms with van der Waals surface area (Å²) in [6.45, 7) is 2.98. The van der Waals surface area contributed by atoms with Crippen molar-refractivity contribution in [2.24, 2.45) is 0 Å². The van der Waals surface area contributed by atoms with Gasteiger partial charge < -0.3 is 10.1 Å². The smallest absolute Gasteiger partial charge is 0.220 e. The maximum atomic E-state index is 11.6. The second-order valence-electron chi connectivity index (χ2n) is 4.61. The zero-order valence-electron chi connectivity index (χ0n) is 11.8. The van der Waals surface area contributed by atoms with Crippen LogP contribution in [0.5, 0.6) is 5.75 Å². The number of nitrogens with zero attached hydrogens (tertiary/aromatic N) is 1. The molecule has 6 heteroatoms. The number of hydrogen-bond acceptors (Lipinski definition) is 4. The normalized spacial score (nSPS) is 10.4. The molecule has 0 radical (unpaired) electrons. The van der Waals surface area contributed by atoms with E-state index in [2.05, 4.69) is 10.3 Å². The lowest BCUT2D eigenvalue weighted by Gasteiger charge is -2.08. The second-order valence-corrected chi connectivity index (χ2v) is 5.99. The van der Waals surface area contributed by atoms with E-state index >= 15 is 0 Å². The van der Waals surface area contributed by atoms with E-state index in [1.165, 1.54) is 11.3 Å². The number of thiazole rings is 1. The fraction of sp³-hybridized carbons (Fsp3) is 0.333. The van der Waals surface area contributed by atoms with Crippen LogP contribution in [-0.4, -0.2) is 17.5 Å². The van der Waals surface area contributed by atoms with Gasteiger partial charge in [-0.2, -0.15) is 0 Å². The van der Waals surface area contributed by atoms with Crippen molar-refractivity contribution in [2.75, 3.05) is 6.61 Å². The summed E-state index contributed by atoms with van der Waals surface area (Å²) < 4.78 is 5.60.